The van der Waals surface area contributed by atoms with Crippen molar-refractivity contribution in [2.75, 3.05) is 5.34 Å². The predicted molar refractivity (Wildman–Crippen MR) is 39.0 cm³/mol. The summed E-state index contributed by atoms with van der Waals surface area (Å²) in [5.41, 5.74) is 0.176. The van der Waals surface area contributed by atoms with E-state index < -0.39 is 5.97 Å². The Kier molecular flexibility index (Phi) is 10.0. The number of aliphatic carboxylic acids is 1. The van der Waals surface area contributed by atoms with E-state index in [1.54, 1.807) is 0 Å². The molecule has 0 aromatic heterocycles. The lowest BCUT2D eigenvalue weighted by Gasteiger charge is -1.79. The number of carboxylic acid groups (broad SMARTS) is 1. The van der Waals surface area contributed by atoms with Gasteiger partial charge in [0.25, 0.3) is 0 Å². The molecular formula is C5H8Cl2O2. The number of hydrogen-bond acceptors (Lipinski definition) is 1. The van der Waals surface area contributed by atoms with Gasteiger partial charge in [-0.25, -0.2) is 4.79 Å². The molecule has 0 unspecified atom stereocenters. The SMILES string of the molecule is C=C(C)C(=O)O.ClCCl. The van der Waals surface area contributed by atoms with Crippen LogP contribution in [0.4, 0.5) is 0 Å². The van der Waals surface area contributed by atoms with Crippen LogP contribution in [0.5, 0.6) is 0 Å². The van der Waals surface area contributed by atoms with E-state index in [4.69, 9.17) is 28.3 Å². The summed E-state index contributed by atoms with van der Waals surface area (Å²) in [6.07, 6.45) is 0. The molecule has 1 N–H and O–H groups in total. The number of carbonyl (C=O) groups is 1. The van der Waals surface area contributed by atoms with Gasteiger partial charge in [-0.15, -0.1) is 23.2 Å². The molecule has 0 saturated carbocycles. The van der Waals surface area contributed by atoms with Crippen LogP contribution >= 0.6 is 23.2 Å². The molecule has 0 bridgehead atoms. The first kappa shape index (κ1) is 11.6. The maximum absolute atomic E-state index is 9.60. The van der Waals surface area contributed by atoms with Gasteiger partial charge < -0.3 is 5.11 Å². The van der Waals surface area contributed by atoms with E-state index in [1.807, 2.05) is 0 Å². The van der Waals surface area contributed by atoms with Crippen molar-refractivity contribution < 1.29 is 9.90 Å². The first-order valence-electron chi connectivity index (χ1n) is 2.07. The zero-order chi connectivity index (χ0) is 7.86. The summed E-state index contributed by atoms with van der Waals surface area (Å²) < 4.78 is 0. The molecule has 0 aromatic carbocycles. The van der Waals surface area contributed by atoms with E-state index in [0.717, 1.165) is 0 Å². The van der Waals surface area contributed by atoms with E-state index in [9.17, 15) is 4.79 Å². The molecule has 4 heteroatoms. The van der Waals surface area contributed by atoms with Crippen molar-refractivity contribution in [2.45, 2.75) is 6.92 Å². The summed E-state index contributed by atoms with van der Waals surface area (Å²) >= 11 is 9.53. The Morgan fingerprint density at radius 2 is 1.78 bits per heavy atom. The lowest BCUT2D eigenvalue weighted by molar-refractivity contribution is -0.132. The maximum atomic E-state index is 9.60. The molecule has 0 fully saturated rings. The highest BCUT2D eigenvalue weighted by Gasteiger charge is 1.90. The van der Waals surface area contributed by atoms with Gasteiger partial charge in [0.05, 0.1) is 5.34 Å². The standard InChI is InChI=1S/C4H6O2.CH2Cl2/c1-3(2)4(5)6;2-1-3/h1H2,2H3,(H,5,6);1H2. The van der Waals surface area contributed by atoms with Gasteiger partial charge in [-0.1, -0.05) is 6.58 Å². The molecule has 0 amide bonds. The molecule has 0 aromatic rings. The summed E-state index contributed by atoms with van der Waals surface area (Å²) in [6.45, 7) is 4.60. The first-order valence-corrected chi connectivity index (χ1v) is 3.13. The van der Waals surface area contributed by atoms with Gasteiger partial charge in [-0.05, 0) is 6.92 Å². The van der Waals surface area contributed by atoms with E-state index in [1.165, 1.54) is 6.92 Å². The fourth-order valence-corrected chi connectivity index (χ4v) is 0. The molecule has 2 nitrogen and oxygen atoms in total. The molecule has 0 atom stereocenters. The van der Waals surface area contributed by atoms with Crippen molar-refractivity contribution in [1.82, 2.24) is 0 Å². The van der Waals surface area contributed by atoms with Crippen LogP contribution in [-0.2, 0) is 4.79 Å². The summed E-state index contributed by atoms with van der Waals surface area (Å²) in [6, 6.07) is 0. The summed E-state index contributed by atoms with van der Waals surface area (Å²) in [4.78, 5) is 9.60. The Bertz CT molecular complexity index is 89.1. The zero-order valence-corrected chi connectivity index (χ0v) is 6.54. The van der Waals surface area contributed by atoms with Crippen molar-refractivity contribution in [3.63, 3.8) is 0 Å². The van der Waals surface area contributed by atoms with Gasteiger partial charge >= 0.3 is 5.97 Å². The minimum atomic E-state index is -0.935. The van der Waals surface area contributed by atoms with Crippen molar-refractivity contribution in [3.05, 3.63) is 12.2 Å². The molecule has 0 radical (unpaired) electrons. The highest BCUT2D eigenvalue weighted by atomic mass is 35.5. The number of rotatable bonds is 1. The molecule has 0 aliphatic carbocycles. The van der Waals surface area contributed by atoms with Gasteiger partial charge in [-0.3, -0.25) is 0 Å². The Morgan fingerprint density at radius 1 is 1.67 bits per heavy atom. The molecule has 0 aliphatic rings. The topological polar surface area (TPSA) is 37.3 Å². The lowest BCUT2D eigenvalue weighted by atomic mass is 10.4. The Labute approximate surface area is 64.1 Å². The van der Waals surface area contributed by atoms with E-state index in [2.05, 4.69) is 6.58 Å². The second-order valence-electron chi connectivity index (χ2n) is 1.19. The third kappa shape index (κ3) is 18.2. The minimum Gasteiger partial charge on any atom is -0.478 e. The van der Waals surface area contributed by atoms with Crippen LogP contribution < -0.4 is 0 Å². The van der Waals surface area contributed by atoms with Crippen molar-refractivity contribution >= 4 is 29.2 Å². The molecule has 54 valence electrons. The normalized spacial score (nSPS) is 7.00. The van der Waals surface area contributed by atoms with Crippen molar-refractivity contribution in [3.8, 4) is 0 Å². The minimum absolute atomic E-state index is 0.176. The molecule has 0 saturated heterocycles. The van der Waals surface area contributed by atoms with Gasteiger partial charge in [0.1, 0.15) is 0 Å². The van der Waals surface area contributed by atoms with E-state index >= 15 is 0 Å². The Hall–Kier alpha value is -0.210. The van der Waals surface area contributed by atoms with Gasteiger partial charge in [0.2, 0.25) is 0 Å². The zero-order valence-electron chi connectivity index (χ0n) is 5.03. The molecule has 0 rings (SSSR count). The fourth-order valence-electron chi connectivity index (χ4n) is 0. The average molecular weight is 171 g/mol. The number of halogens is 2. The van der Waals surface area contributed by atoms with Crippen LogP contribution in [0.2, 0.25) is 0 Å². The third-order valence-corrected chi connectivity index (χ3v) is 0.365. The molecule has 0 aliphatic heterocycles. The van der Waals surface area contributed by atoms with Crippen LogP contribution in [0.15, 0.2) is 12.2 Å². The number of carboxylic acids is 1. The number of alkyl halides is 2. The van der Waals surface area contributed by atoms with Crippen LogP contribution in [0.25, 0.3) is 0 Å². The largest absolute Gasteiger partial charge is 0.478 e. The van der Waals surface area contributed by atoms with Crippen LogP contribution in [0, 0.1) is 0 Å². The fraction of sp³-hybridized carbons (Fsp3) is 0.400. The van der Waals surface area contributed by atoms with Crippen molar-refractivity contribution in [1.29, 1.82) is 0 Å². The van der Waals surface area contributed by atoms with E-state index in [-0.39, 0.29) is 10.9 Å². The first-order chi connectivity index (χ1) is 4.06. The summed E-state index contributed by atoms with van der Waals surface area (Å²) in [5.74, 6) is -0.935. The Balaban J connectivity index is 0. The quantitative estimate of drug-likeness (QED) is 0.484. The molecule has 0 heterocycles. The second kappa shape index (κ2) is 7.79. The second-order valence-corrected chi connectivity index (χ2v) is 1.99. The monoisotopic (exact) mass is 170 g/mol. The van der Waals surface area contributed by atoms with Gasteiger partial charge in [0.15, 0.2) is 0 Å². The molecular weight excluding hydrogens is 163 g/mol. The van der Waals surface area contributed by atoms with Crippen LogP contribution in [0.1, 0.15) is 6.92 Å². The molecule has 9 heavy (non-hydrogen) atoms. The lowest BCUT2D eigenvalue weighted by Crippen LogP contribution is -1.92. The maximum Gasteiger partial charge on any atom is 0.330 e. The van der Waals surface area contributed by atoms with Crippen molar-refractivity contribution in [2.24, 2.45) is 0 Å². The van der Waals surface area contributed by atoms with Crippen LogP contribution in [-0.4, -0.2) is 16.4 Å². The van der Waals surface area contributed by atoms with Crippen LogP contribution in [0.3, 0.4) is 0 Å². The van der Waals surface area contributed by atoms with Gasteiger partial charge in [-0.2, -0.15) is 0 Å². The van der Waals surface area contributed by atoms with Gasteiger partial charge in [0, 0.05) is 5.57 Å². The Morgan fingerprint density at radius 3 is 1.78 bits per heavy atom. The highest BCUT2D eigenvalue weighted by molar-refractivity contribution is 6.40. The van der Waals surface area contributed by atoms with E-state index in [0.29, 0.717) is 0 Å². The summed E-state index contributed by atoms with van der Waals surface area (Å²) in [7, 11) is 0. The predicted octanol–water partition coefficient (Wildman–Crippen LogP) is 2.07. The third-order valence-electron chi connectivity index (χ3n) is 0.365. The molecule has 0 spiro atoms. The smallest absolute Gasteiger partial charge is 0.330 e. The average Bonchev–Trinajstić information content (AvgIpc) is 1.68. The highest BCUT2D eigenvalue weighted by Crippen LogP contribution is 1.81. The summed E-state index contributed by atoms with van der Waals surface area (Å²) in [5, 5.41) is 8.09. The number of hydrogen-bond donors (Lipinski definition) is 1.